The van der Waals surface area contributed by atoms with Gasteiger partial charge >= 0.3 is 0 Å². The van der Waals surface area contributed by atoms with Crippen LogP contribution in [0.2, 0.25) is 0 Å². The zero-order valence-electron chi connectivity index (χ0n) is 5.73. The van der Waals surface area contributed by atoms with Crippen molar-refractivity contribution in [3.8, 4) is 0 Å². The van der Waals surface area contributed by atoms with Gasteiger partial charge in [-0.3, -0.25) is 0 Å². The number of aromatic nitrogens is 2. The van der Waals surface area contributed by atoms with Crippen molar-refractivity contribution >= 4 is 11.0 Å². The summed E-state index contributed by atoms with van der Waals surface area (Å²) in [7, 11) is 0. The quantitative estimate of drug-likeness (QED) is 0.557. The third kappa shape index (κ3) is 1.03. The summed E-state index contributed by atoms with van der Waals surface area (Å²) in [5, 5.41) is 9.07. The van der Waals surface area contributed by atoms with E-state index in [9.17, 15) is 0 Å². The van der Waals surface area contributed by atoms with E-state index in [2.05, 4.69) is 4.98 Å². The van der Waals surface area contributed by atoms with Crippen LogP contribution in [0.3, 0.4) is 0 Å². The van der Waals surface area contributed by atoms with Gasteiger partial charge in [-0.25, -0.2) is 4.98 Å². The van der Waals surface area contributed by atoms with Crippen LogP contribution in [0.4, 0.5) is 0 Å². The molecule has 0 fully saturated rings. The highest BCUT2D eigenvalue weighted by Crippen LogP contribution is 2.08. The summed E-state index contributed by atoms with van der Waals surface area (Å²) >= 11 is 0. The Morgan fingerprint density at radius 3 is 2.73 bits per heavy atom. The predicted molar refractivity (Wildman–Crippen MR) is 40.5 cm³/mol. The van der Waals surface area contributed by atoms with Gasteiger partial charge in [0.25, 0.3) is 0 Å². The van der Waals surface area contributed by atoms with Crippen molar-refractivity contribution in [2.75, 3.05) is 0 Å². The molecular weight excluding hydrogens is 144 g/mol. The zero-order chi connectivity index (χ0) is 6.97. The molecule has 58 valence electrons. The van der Waals surface area contributed by atoms with E-state index >= 15 is 0 Å². The monoisotopic (exact) mass is 152 g/mol. The first-order chi connectivity index (χ1) is 4.88. The molecule has 0 bridgehead atoms. The van der Waals surface area contributed by atoms with E-state index in [0.29, 0.717) is 0 Å². The molecule has 0 aliphatic carbocycles. The minimum absolute atomic E-state index is 0. The molecule has 0 spiro atoms. The Labute approximate surface area is 63.0 Å². The van der Waals surface area contributed by atoms with Crippen molar-refractivity contribution in [3.05, 3.63) is 30.6 Å². The molecule has 0 amide bonds. The standard InChI is InChI=1S/C7H6N2O.H2O/c10-9-5-8-6-3-1-2-4-7(6)9;/h1-5,10H;1H2. The van der Waals surface area contributed by atoms with Gasteiger partial charge in [0.2, 0.25) is 0 Å². The average molecular weight is 152 g/mol. The smallest absolute Gasteiger partial charge is 0.133 e. The molecule has 0 unspecified atom stereocenters. The van der Waals surface area contributed by atoms with Crippen molar-refractivity contribution in [2.24, 2.45) is 0 Å². The highest BCUT2D eigenvalue weighted by Gasteiger charge is 1.96. The van der Waals surface area contributed by atoms with Crippen LogP contribution in [0.1, 0.15) is 0 Å². The van der Waals surface area contributed by atoms with E-state index in [4.69, 9.17) is 5.21 Å². The summed E-state index contributed by atoms with van der Waals surface area (Å²) in [4.78, 5) is 3.93. The molecule has 0 saturated heterocycles. The van der Waals surface area contributed by atoms with E-state index in [1.807, 2.05) is 24.3 Å². The van der Waals surface area contributed by atoms with Crippen molar-refractivity contribution in [2.45, 2.75) is 0 Å². The molecular formula is C7H8N2O2. The lowest BCUT2D eigenvalue weighted by molar-refractivity contribution is 0.198. The largest absolute Gasteiger partial charge is 0.427 e. The lowest BCUT2D eigenvalue weighted by Gasteiger charge is -1.88. The van der Waals surface area contributed by atoms with E-state index in [0.717, 1.165) is 15.8 Å². The maximum atomic E-state index is 9.07. The lowest BCUT2D eigenvalue weighted by atomic mass is 10.3. The van der Waals surface area contributed by atoms with Gasteiger partial charge in [0.1, 0.15) is 11.8 Å². The van der Waals surface area contributed by atoms with Crippen LogP contribution in [0.5, 0.6) is 0 Å². The second kappa shape index (κ2) is 2.59. The van der Waals surface area contributed by atoms with Crippen LogP contribution >= 0.6 is 0 Å². The van der Waals surface area contributed by atoms with Gasteiger partial charge in [-0.2, -0.15) is 4.73 Å². The molecule has 0 aliphatic rings. The number of nitrogens with zero attached hydrogens (tertiary/aromatic N) is 2. The first kappa shape index (κ1) is 7.56. The highest BCUT2D eigenvalue weighted by atomic mass is 16.5. The van der Waals surface area contributed by atoms with Gasteiger partial charge in [-0.05, 0) is 12.1 Å². The molecule has 0 atom stereocenters. The van der Waals surface area contributed by atoms with Gasteiger partial charge in [0.05, 0.1) is 5.52 Å². The third-order valence-corrected chi connectivity index (χ3v) is 1.43. The van der Waals surface area contributed by atoms with Crippen molar-refractivity contribution < 1.29 is 10.7 Å². The third-order valence-electron chi connectivity index (χ3n) is 1.43. The molecule has 0 radical (unpaired) electrons. The molecule has 1 aromatic heterocycles. The minimum Gasteiger partial charge on any atom is -0.427 e. The van der Waals surface area contributed by atoms with Crippen molar-refractivity contribution in [3.63, 3.8) is 0 Å². The highest BCUT2D eigenvalue weighted by molar-refractivity contribution is 5.74. The molecule has 2 rings (SSSR count). The predicted octanol–water partition coefficient (Wildman–Crippen LogP) is 0.449. The molecule has 11 heavy (non-hydrogen) atoms. The van der Waals surface area contributed by atoms with E-state index in [1.165, 1.54) is 6.33 Å². The van der Waals surface area contributed by atoms with Crippen LogP contribution < -0.4 is 0 Å². The fourth-order valence-electron chi connectivity index (χ4n) is 0.946. The molecule has 0 aliphatic heterocycles. The number of benzene rings is 1. The van der Waals surface area contributed by atoms with Crippen LogP contribution in [-0.4, -0.2) is 20.4 Å². The number of hydrogen-bond acceptors (Lipinski definition) is 2. The zero-order valence-corrected chi connectivity index (χ0v) is 5.73. The van der Waals surface area contributed by atoms with Gasteiger partial charge in [-0.1, -0.05) is 12.1 Å². The Morgan fingerprint density at radius 1 is 1.27 bits per heavy atom. The van der Waals surface area contributed by atoms with Gasteiger partial charge in [0, 0.05) is 0 Å². The van der Waals surface area contributed by atoms with Gasteiger partial charge in [-0.15, -0.1) is 0 Å². The summed E-state index contributed by atoms with van der Waals surface area (Å²) in [5.74, 6) is 0. The Kier molecular flexibility index (Phi) is 1.78. The van der Waals surface area contributed by atoms with Crippen LogP contribution in [0.15, 0.2) is 30.6 Å². The Hall–Kier alpha value is -1.55. The summed E-state index contributed by atoms with van der Waals surface area (Å²) in [5.41, 5.74) is 1.55. The Balaban J connectivity index is 0.000000605. The maximum absolute atomic E-state index is 9.07. The second-order valence-electron chi connectivity index (χ2n) is 2.08. The summed E-state index contributed by atoms with van der Waals surface area (Å²) < 4.78 is 1.01. The number of hydrogen-bond donors (Lipinski definition) is 1. The van der Waals surface area contributed by atoms with Gasteiger partial charge in [0.15, 0.2) is 0 Å². The molecule has 0 saturated carbocycles. The second-order valence-corrected chi connectivity index (χ2v) is 2.08. The number of imidazole rings is 1. The normalized spacial score (nSPS) is 9.45. The van der Waals surface area contributed by atoms with E-state index < -0.39 is 0 Å². The number of fused-ring (bicyclic) bond motifs is 1. The first-order valence-corrected chi connectivity index (χ1v) is 2.99. The van der Waals surface area contributed by atoms with Crippen LogP contribution in [0.25, 0.3) is 11.0 Å². The number of para-hydroxylation sites is 2. The van der Waals surface area contributed by atoms with Crippen LogP contribution in [0, 0.1) is 0 Å². The molecule has 4 nitrogen and oxygen atoms in total. The first-order valence-electron chi connectivity index (χ1n) is 2.99. The SMILES string of the molecule is O.On1cnc2ccccc21. The fraction of sp³-hybridized carbons (Fsp3) is 0. The molecule has 2 aromatic rings. The van der Waals surface area contributed by atoms with E-state index in [-0.39, 0.29) is 5.48 Å². The Morgan fingerprint density at radius 2 is 2.00 bits per heavy atom. The molecule has 1 heterocycles. The topological polar surface area (TPSA) is 69.6 Å². The van der Waals surface area contributed by atoms with Crippen LogP contribution in [-0.2, 0) is 0 Å². The van der Waals surface area contributed by atoms with Crippen molar-refractivity contribution in [1.29, 1.82) is 0 Å². The summed E-state index contributed by atoms with van der Waals surface area (Å²) in [6.45, 7) is 0. The lowest BCUT2D eigenvalue weighted by Crippen LogP contribution is -1.83. The molecule has 3 N–H and O–H groups in total. The van der Waals surface area contributed by atoms with E-state index in [1.54, 1.807) is 0 Å². The van der Waals surface area contributed by atoms with Gasteiger partial charge < -0.3 is 10.7 Å². The Bertz CT molecular complexity index is 356. The molecule has 1 aromatic carbocycles. The number of rotatable bonds is 0. The maximum Gasteiger partial charge on any atom is 0.133 e. The summed E-state index contributed by atoms with van der Waals surface area (Å²) in [6.07, 6.45) is 1.38. The fourth-order valence-corrected chi connectivity index (χ4v) is 0.946. The minimum atomic E-state index is 0. The average Bonchev–Trinajstić information content (AvgIpc) is 2.34. The van der Waals surface area contributed by atoms with Crippen molar-refractivity contribution in [1.82, 2.24) is 9.71 Å². The summed E-state index contributed by atoms with van der Waals surface area (Å²) in [6, 6.07) is 7.40. The molecule has 4 heteroatoms.